The number of nitrogens with zero attached hydrogens (tertiary/aromatic N) is 5. The highest BCUT2D eigenvalue weighted by Gasteiger charge is 2.34. The summed E-state index contributed by atoms with van der Waals surface area (Å²) < 4.78 is 7.67. The van der Waals surface area contributed by atoms with Crippen molar-refractivity contribution < 1.29 is 4.74 Å². The number of aromatic amines is 1. The molecule has 2 aromatic carbocycles. The Morgan fingerprint density at radius 1 is 1.21 bits per heavy atom. The Kier molecular flexibility index (Phi) is 4.95. The zero-order valence-corrected chi connectivity index (χ0v) is 18.6. The molecule has 2 aromatic heterocycles. The minimum atomic E-state index is -0.404. The second kappa shape index (κ2) is 8.12. The van der Waals surface area contributed by atoms with E-state index in [0.29, 0.717) is 17.9 Å². The van der Waals surface area contributed by atoms with Crippen molar-refractivity contribution in [2.75, 3.05) is 18.1 Å². The summed E-state index contributed by atoms with van der Waals surface area (Å²) in [6.07, 6.45) is 3.06. The molecule has 0 unspecified atom stereocenters. The Labute approximate surface area is 191 Å². The van der Waals surface area contributed by atoms with Crippen LogP contribution in [-0.2, 0) is 17.7 Å². The molecule has 0 spiro atoms. The van der Waals surface area contributed by atoms with Crippen LogP contribution in [0.15, 0.2) is 53.3 Å². The standard InChI is InChI=1S/C25H26N6O2/c1-16-8-9-21-18(13-16)14-20(25(32)26-21)23(30-11-10-17-5-2-3-7-22(17)30)24-27-28-29-31(24)15-19-6-4-12-33-19/h2-3,5,7-9,13-14,19,23H,4,6,10-12,15H2,1H3,(H,26,32)/t19-,23-/m1/s1. The van der Waals surface area contributed by atoms with Gasteiger partial charge in [0.1, 0.15) is 6.04 Å². The summed E-state index contributed by atoms with van der Waals surface area (Å²) in [5.41, 5.74) is 4.90. The summed E-state index contributed by atoms with van der Waals surface area (Å²) in [4.78, 5) is 18.7. The van der Waals surface area contributed by atoms with Gasteiger partial charge in [0, 0.05) is 29.9 Å². The number of anilines is 1. The molecule has 2 atom stereocenters. The number of H-pyrrole nitrogens is 1. The number of nitrogens with one attached hydrogen (secondary N) is 1. The molecule has 2 aliphatic heterocycles. The first-order valence-corrected chi connectivity index (χ1v) is 11.5. The summed E-state index contributed by atoms with van der Waals surface area (Å²) >= 11 is 0. The molecule has 0 aliphatic carbocycles. The van der Waals surface area contributed by atoms with E-state index in [9.17, 15) is 4.79 Å². The zero-order chi connectivity index (χ0) is 22.4. The maximum Gasteiger partial charge on any atom is 0.254 e. The third-order valence-corrected chi connectivity index (χ3v) is 6.76. The summed E-state index contributed by atoms with van der Waals surface area (Å²) in [5, 5.41) is 13.8. The van der Waals surface area contributed by atoms with Crippen LogP contribution in [0.4, 0.5) is 5.69 Å². The quantitative estimate of drug-likeness (QED) is 0.511. The molecule has 2 aliphatic rings. The van der Waals surface area contributed by atoms with Gasteiger partial charge >= 0.3 is 0 Å². The molecule has 0 bridgehead atoms. The third kappa shape index (κ3) is 3.60. The van der Waals surface area contributed by atoms with Crippen molar-refractivity contribution in [1.82, 2.24) is 25.2 Å². The van der Waals surface area contributed by atoms with Gasteiger partial charge in [-0.3, -0.25) is 4.79 Å². The Bertz CT molecular complexity index is 1370. The maximum atomic E-state index is 13.4. The minimum absolute atomic E-state index is 0.0938. The Balaban J connectivity index is 1.51. The van der Waals surface area contributed by atoms with Gasteiger partial charge in [-0.15, -0.1) is 5.10 Å². The Morgan fingerprint density at radius 2 is 2.12 bits per heavy atom. The van der Waals surface area contributed by atoms with Gasteiger partial charge in [0.05, 0.1) is 12.6 Å². The van der Waals surface area contributed by atoms with Crippen molar-refractivity contribution >= 4 is 16.6 Å². The fourth-order valence-corrected chi connectivity index (χ4v) is 5.14. The SMILES string of the molecule is Cc1ccc2[nH]c(=O)c([C@H](c3nnnn3C[C@H]3CCCO3)N3CCc4ccccc43)cc2c1. The van der Waals surface area contributed by atoms with Crippen LogP contribution in [0, 0.1) is 6.92 Å². The number of tetrazole rings is 1. The number of ether oxygens (including phenoxy) is 1. The highest BCUT2D eigenvalue weighted by atomic mass is 16.5. The van der Waals surface area contributed by atoms with E-state index in [1.165, 1.54) is 5.56 Å². The number of aromatic nitrogens is 5. The van der Waals surface area contributed by atoms with E-state index in [0.717, 1.165) is 54.6 Å². The number of fused-ring (bicyclic) bond motifs is 2. The summed E-state index contributed by atoms with van der Waals surface area (Å²) in [7, 11) is 0. The molecule has 6 rings (SSSR count). The normalized spacial score (nSPS) is 18.7. The molecule has 1 N–H and O–H groups in total. The molecule has 4 aromatic rings. The minimum Gasteiger partial charge on any atom is -0.376 e. The van der Waals surface area contributed by atoms with Gasteiger partial charge in [0.15, 0.2) is 5.82 Å². The molecular formula is C25H26N6O2. The molecule has 1 fully saturated rings. The molecule has 8 heteroatoms. The summed E-state index contributed by atoms with van der Waals surface area (Å²) in [6.45, 7) is 4.20. The van der Waals surface area contributed by atoms with E-state index in [1.54, 1.807) is 0 Å². The Morgan fingerprint density at radius 3 is 3.00 bits per heavy atom. The van der Waals surface area contributed by atoms with Gasteiger partial charge in [-0.2, -0.15) is 0 Å². The molecule has 0 saturated carbocycles. The number of pyridine rings is 1. The van der Waals surface area contributed by atoms with Gasteiger partial charge in [-0.1, -0.05) is 29.8 Å². The molecule has 33 heavy (non-hydrogen) atoms. The van der Waals surface area contributed by atoms with Crippen molar-refractivity contribution in [1.29, 1.82) is 0 Å². The van der Waals surface area contributed by atoms with E-state index in [1.807, 2.05) is 28.9 Å². The summed E-state index contributed by atoms with van der Waals surface area (Å²) in [6, 6.07) is 16.0. The molecule has 4 heterocycles. The zero-order valence-electron chi connectivity index (χ0n) is 18.6. The maximum absolute atomic E-state index is 13.4. The Hall–Kier alpha value is -3.52. The lowest BCUT2D eigenvalue weighted by Crippen LogP contribution is -2.35. The average Bonchev–Trinajstić information content (AvgIpc) is 3.58. The third-order valence-electron chi connectivity index (χ3n) is 6.76. The smallest absolute Gasteiger partial charge is 0.254 e. The van der Waals surface area contributed by atoms with Crippen LogP contribution in [-0.4, -0.2) is 44.4 Å². The van der Waals surface area contributed by atoms with E-state index in [-0.39, 0.29) is 11.7 Å². The van der Waals surface area contributed by atoms with Crippen LogP contribution < -0.4 is 10.5 Å². The number of aryl methyl sites for hydroxylation is 1. The second-order valence-electron chi connectivity index (χ2n) is 8.97. The summed E-state index contributed by atoms with van der Waals surface area (Å²) in [5.74, 6) is 0.666. The van der Waals surface area contributed by atoms with Crippen LogP contribution in [0.25, 0.3) is 10.9 Å². The predicted octanol–water partition coefficient (Wildman–Crippen LogP) is 3.15. The molecule has 1 saturated heterocycles. The molecule has 0 amide bonds. The highest BCUT2D eigenvalue weighted by molar-refractivity contribution is 5.80. The van der Waals surface area contributed by atoms with Crippen molar-refractivity contribution in [3.8, 4) is 0 Å². The monoisotopic (exact) mass is 442 g/mol. The highest BCUT2D eigenvalue weighted by Crippen LogP contribution is 2.37. The van der Waals surface area contributed by atoms with Crippen molar-refractivity contribution in [3.05, 3.63) is 81.4 Å². The van der Waals surface area contributed by atoms with Gasteiger partial charge in [0.25, 0.3) is 5.56 Å². The van der Waals surface area contributed by atoms with E-state index in [2.05, 4.69) is 56.6 Å². The van der Waals surface area contributed by atoms with Crippen LogP contribution in [0.1, 0.15) is 41.4 Å². The second-order valence-corrected chi connectivity index (χ2v) is 8.97. The van der Waals surface area contributed by atoms with Crippen LogP contribution in [0.5, 0.6) is 0 Å². The van der Waals surface area contributed by atoms with Crippen molar-refractivity contribution in [3.63, 3.8) is 0 Å². The van der Waals surface area contributed by atoms with Gasteiger partial charge in [-0.05, 0) is 71.8 Å². The van der Waals surface area contributed by atoms with Crippen LogP contribution in [0.3, 0.4) is 0 Å². The van der Waals surface area contributed by atoms with Gasteiger partial charge < -0.3 is 14.6 Å². The lowest BCUT2D eigenvalue weighted by molar-refractivity contribution is 0.0924. The molecule has 8 nitrogen and oxygen atoms in total. The van der Waals surface area contributed by atoms with Crippen molar-refractivity contribution in [2.45, 2.75) is 44.9 Å². The van der Waals surface area contributed by atoms with Crippen LogP contribution >= 0.6 is 0 Å². The first-order valence-electron chi connectivity index (χ1n) is 11.5. The van der Waals surface area contributed by atoms with E-state index >= 15 is 0 Å². The number of benzene rings is 2. The van der Waals surface area contributed by atoms with E-state index in [4.69, 9.17) is 4.74 Å². The number of para-hydroxylation sites is 1. The first kappa shape index (κ1) is 20.1. The molecule has 0 radical (unpaired) electrons. The van der Waals surface area contributed by atoms with Gasteiger partial charge in [0.2, 0.25) is 0 Å². The number of hydrogen-bond acceptors (Lipinski definition) is 6. The predicted molar refractivity (Wildman–Crippen MR) is 125 cm³/mol. The fraction of sp³-hybridized carbons (Fsp3) is 0.360. The lowest BCUT2D eigenvalue weighted by Gasteiger charge is -2.29. The van der Waals surface area contributed by atoms with Gasteiger partial charge in [-0.25, -0.2) is 4.68 Å². The van der Waals surface area contributed by atoms with Crippen molar-refractivity contribution in [2.24, 2.45) is 0 Å². The molecule has 168 valence electrons. The van der Waals surface area contributed by atoms with Crippen LogP contribution in [0.2, 0.25) is 0 Å². The average molecular weight is 443 g/mol. The topological polar surface area (TPSA) is 88.9 Å². The van der Waals surface area contributed by atoms with E-state index < -0.39 is 6.04 Å². The number of rotatable bonds is 5. The first-order chi connectivity index (χ1) is 16.2. The fourth-order valence-electron chi connectivity index (χ4n) is 5.14. The lowest BCUT2D eigenvalue weighted by atomic mass is 10.0. The largest absolute Gasteiger partial charge is 0.376 e. The molecular weight excluding hydrogens is 416 g/mol. The number of hydrogen-bond donors (Lipinski definition) is 1.